The van der Waals surface area contributed by atoms with Crippen LogP contribution in [0, 0.1) is 5.92 Å². The third kappa shape index (κ3) is 11.8. The van der Waals surface area contributed by atoms with Crippen LogP contribution in [0.2, 0.25) is 0 Å². The molecule has 3 heterocycles. The van der Waals surface area contributed by atoms with E-state index in [4.69, 9.17) is 18.9 Å². The van der Waals surface area contributed by atoms with Gasteiger partial charge in [0.05, 0.1) is 48.8 Å². The summed E-state index contributed by atoms with van der Waals surface area (Å²) < 4.78 is 23.8. The molecule has 0 radical (unpaired) electrons. The summed E-state index contributed by atoms with van der Waals surface area (Å²) in [5, 5.41) is 5.75. The highest BCUT2D eigenvalue weighted by Gasteiger charge is 2.51. The second-order valence-corrected chi connectivity index (χ2v) is 11.9. The first kappa shape index (κ1) is 33.2. The normalized spacial score (nSPS) is 32.7. The molecule has 2 amide bonds. The first-order valence-electron chi connectivity index (χ1n) is 15.2. The van der Waals surface area contributed by atoms with Gasteiger partial charge in [0.1, 0.15) is 6.29 Å². The summed E-state index contributed by atoms with van der Waals surface area (Å²) >= 11 is 0. The molecule has 41 heavy (non-hydrogen) atoms. The molecule has 7 unspecified atom stereocenters. The van der Waals surface area contributed by atoms with Crippen LogP contribution in [0.15, 0.2) is 36.0 Å². The van der Waals surface area contributed by atoms with Gasteiger partial charge in [-0.1, -0.05) is 36.8 Å². The number of ether oxygens (including phenoxy) is 4. The Morgan fingerprint density at radius 1 is 1.10 bits per heavy atom. The second kappa shape index (κ2) is 16.9. The summed E-state index contributed by atoms with van der Waals surface area (Å²) in [7, 11) is 0. The van der Waals surface area contributed by atoms with Gasteiger partial charge in [0.15, 0.2) is 0 Å². The predicted octanol–water partition coefficient (Wildman–Crippen LogP) is 3.96. The molecule has 3 rings (SSSR count). The number of amides is 2. The number of allylic oxidation sites excluding steroid dienone is 2. The SMILES string of the molecule is CC(/C=C/C1CC2(CO2)C[C@@H](CC=O)O1)=C\CC1OC(C)C(NC(=O)/C=C\C(C)OCCCCCNC=O)CC1C. The lowest BCUT2D eigenvalue weighted by Gasteiger charge is -2.39. The number of aldehydes is 1. The number of nitrogens with one attached hydrogen (secondary N) is 2. The summed E-state index contributed by atoms with van der Waals surface area (Å²) in [6.45, 7) is 10.3. The maximum atomic E-state index is 12.5. The highest BCUT2D eigenvalue weighted by Crippen LogP contribution is 2.43. The van der Waals surface area contributed by atoms with E-state index in [1.165, 1.54) is 0 Å². The first-order chi connectivity index (χ1) is 19.7. The Hall–Kier alpha value is -2.33. The second-order valence-electron chi connectivity index (χ2n) is 11.9. The van der Waals surface area contributed by atoms with Gasteiger partial charge in [-0.05, 0) is 58.8 Å². The van der Waals surface area contributed by atoms with E-state index in [9.17, 15) is 14.4 Å². The highest BCUT2D eigenvalue weighted by atomic mass is 16.6. The molecular formula is C32H50N2O7. The molecule has 0 aromatic carbocycles. The van der Waals surface area contributed by atoms with Gasteiger partial charge in [-0.2, -0.15) is 0 Å². The zero-order valence-electron chi connectivity index (χ0n) is 25.2. The molecule has 0 aromatic heterocycles. The molecule has 0 aromatic rings. The monoisotopic (exact) mass is 574 g/mol. The van der Waals surface area contributed by atoms with Gasteiger partial charge in [-0.15, -0.1) is 0 Å². The number of hydrogen-bond donors (Lipinski definition) is 2. The summed E-state index contributed by atoms with van der Waals surface area (Å²) in [5.74, 6) is 0.168. The molecule has 3 aliphatic heterocycles. The first-order valence-corrected chi connectivity index (χ1v) is 15.2. The van der Waals surface area contributed by atoms with Crippen LogP contribution < -0.4 is 10.6 Å². The van der Waals surface area contributed by atoms with Crippen molar-refractivity contribution in [2.24, 2.45) is 5.92 Å². The fourth-order valence-electron chi connectivity index (χ4n) is 5.59. The summed E-state index contributed by atoms with van der Waals surface area (Å²) in [4.78, 5) is 33.7. The molecule has 0 bridgehead atoms. The minimum absolute atomic E-state index is 0.0416. The van der Waals surface area contributed by atoms with Crippen molar-refractivity contribution < 1.29 is 33.3 Å². The maximum Gasteiger partial charge on any atom is 0.244 e. The van der Waals surface area contributed by atoms with Gasteiger partial charge in [0.2, 0.25) is 12.3 Å². The van der Waals surface area contributed by atoms with Crippen molar-refractivity contribution >= 4 is 18.6 Å². The zero-order chi connectivity index (χ0) is 29.7. The molecule has 3 saturated heterocycles. The van der Waals surface area contributed by atoms with Crippen LogP contribution in [0.3, 0.4) is 0 Å². The average Bonchev–Trinajstić information content (AvgIpc) is 3.68. The van der Waals surface area contributed by atoms with Gasteiger partial charge in [-0.25, -0.2) is 0 Å². The smallest absolute Gasteiger partial charge is 0.244 e. The van der Waals surface area contributed by atoms with Crippen LogP contribution in [0.1, 0.15) is 79.1 Å². The number of unbranched alkanes of at least 4 members (excludes halogenated alkanes) is 2. The molecule has 0 saturated carbocycles. The fraction of sp³-hybridized carbons (Fsp3) is 0.719. The van der Waals surface area contributed by atoms with Crippen molar-refractivity contribution in [3.63, 3.8) is 0 Å². The Bertz CT molecular complexity index is 929. The Kier molecular flexibility index (Phi) is 13.7. The predicted molar refractivity (Wildman–Crippen MR) is 157 cm³/mol. The van der Waals surface area contributed by atoms with E-state index in [1.54, 1.807) is 12.2 Å². The molecule has 230 valence electrons. The molecule has 2 N–H and O–H groups in total. The van der Waals surface area contributed by atoms with Crippen molar-refractivity contribution in [2.45, 2.75) is 121 Å². The fourth-order valence-corrected chi connectivity index (χ4v) is 5.59. The Morgan fingerprint density at radius 3 is 2.63 bits per heavy atom. The maximum absolute atomic E-state index is 12.5. The Labute approximate surface area is 245 Å². The lowest BCUT2D eigenvalue weighted by Crippen LogP contribution is -2.50. The van der Waals surface area contributed by atoms with Crippen LogP contribution >= 0.6 is 0 Å². The average molecular weight is 575 g/mol. The zero-order valence-corrected chi connectivity index (χ0v) is 25.2. The number of carbonyl (C=O) groups is 3. The van der Waals surface area contributed by atoms with E-state index in [0.29, 0.717) is 31.9 Å². The number of hydrogen-bond acceptors (Lipinski definition) is 7. The van der Waals surface area contributed by atoms with Crippen molar-refractivity contribution in [1.29, 1.82) is 0 Å². The van der Waals surface area contributed by atoms with Gasteiger partial charge in [-0.3, -0.25) is 9.59 Å². The van der Waals surface area contributed by atoms with Crippen molar-refractivity contribution in [3.8, 4) is 0 Å². The van der Waals surface area contributed by atoms with Crippen LogP contribution in [0.4, 0.5) is 0 Å². The lowest BCUT2D eigenvalue weighted by atomic mass is 9.88. The largest absolute Gasteiger partial charge is 0.374 e. The summed E-state index contributed by atoms with van der Waals surface area (Å²) in [5.41, 5.74) is 1.05. The van der Waals surface area contributed by atoms with Crippen molar-refractivity contribution in [2.75, 3.05) is 19.8 Å². The van der Waals surface area contributed by atoms with Gasteiger partial charge >= 0.3 is 0 Å². The number of carbonyl (C=O) groups excluding carboxylic acids is 3. The third-order valence-electron chi connectivity index (χ3n) is 8.19. The lowest BCUT2D eigenvalue weighted by molar-refractivity contribution is -0.123. The van der Waals surface area contributed by atoms with E-state index < -0.39 is 0 Å². The van der Waals surface area contributed by atoms with Crippen LogP contribution in [-0.4, -0.2) is 80.5 Å². The molecule has 3 fully saturated rings. The molecule has 8 atom stereocenters. The van der Waals surface area contributed by atoms with E-state index in [0.717, 1.165) is 63.4 Å². The number of rotatable bonds is 17. The van der Waals surface area contributed by atoms with Crippen LogP contribution in [-0.2, 0) is 33.3 Å². The van der Waals surface area contributed by atoms with Crippen LogP contribution in [0.5, 0.6) is 0 Å². The quantitative estimate of drug-likeness (QED) is 0.0888. The molecule has 9 heteroatoms. The Morgan fingerprint density at radius 2 is 1.90 bits per heavy atom. The Balaban J connectivity index is 1.36. The molecule has 0 aliphatic carbocycles. The van der Waals surface area contributed by atoms with Crippen molar-refractivity contribution in [3.05, 3.63) is 36.0 Å². The third-order valence-corrected chi connectivity index (χ3v) is 8.19. The van der Waals surface area contributed by atoms with Crippen LogP contribution in [0.25, 0.3) is 0 Å². The summed E-state index contributed by atoms with van der Waals surface area (Å²) in [6.07, 6.45) is 17.6. The topological polar surface area (TPSA) is 115 Å². The minimum Gasteiger partial charge on any atom is -0.374 e. The van der Waals surface area contributed by atoms with E-state index >= 15 is 0 Å². The standard InChI is InChI=1S/C32H50N2O7/c1-23(8-11-27-19-32(21-39-32)20-28(41-27)14-16-35)9-12-30-24(2)18-29(26(4)40-30)34-31(37)13-10-25(3)38-17-7-5-6-15-33-22-36/h8-11,13,16,22,24-30H,5-7,12,14-15,17-21H2,1-4H3,(H,33,36)(H,34,37)/b11-8+,13-10-,23-9+/t24?,25?,26?,27?,28-,29?,30?,32?/m1/s1. The van der Waals surface area contributed by atoms with Crippen molar-refractivity contribution in [1.82, 2.24) is 10.6 Å². The van der Waals surface area contributed by atoms with E-state index in [1.807, 2.05) is 13.8 Å². The molecular weight excluding hydrogens is 524 g/mol. The van der Waals surface area contributed by atoms with E-state index in [-0.39, 0.29) is 48.1 Å². The van der Waals surface area contributed by atoms with E-state index in [2.05, 4.69) is 42.7 Å². The number of epoxide rings is 1. The highest BCUT2D eigenvalue weighted by molar-refractivity contribution is 5.87. The molecule has 1 spiro atoms. The summed E-state index contributed by atoms with van der Waals surface area (Å²) in [6, 6.07) is -0.0423. The molecule has 3 aliphatic rings. The van der Waals surface area contributed by atoms with Gasteiger partial charge < -0.3 is 34.4 Å². The van der Waals surface area contributed by atoms with Gasteiger partial charge in [0.25, 0.3) is 0 Å². The van der Waals surface area contributed by atoms with Gasteiger partial charge in [0, 0.05) is 38.5 Å². The molecule has 9 nitrogen and oxygen atoms in total. The minimum atomic E-state index is -0.146.